The number of hydrogen-bond donors (Lipinski definition) is 1. The summed E-state index contributed by atoms with van der Waals surface area (Å²) in [5.74, 6) is -0.229. The minimum absolute atomic E-state index is 0.0462. The van der Waals surface area contributed by atoms with Crippen molar-refractivity contribution in [1.82, 2.24) is 19.9 Å². The second kappa shape index (κ2) is 7.84. The molecular formula is C20H22N4O2S. The largest absolute Gasteiger partial charge is 0.350 e. The summed E-state index contributed by atoms with van der Waals surface area (Å²) in [6.07, 6.45) is 1.42. The molecule has 6 nitrogen and oxygen atoms in total. The van der Waals surface area contributed by atoms with E-state index in [4.69, 9.17) is 0 Å². The highest BCUT2D eigenvalue weighted by Gasteiger charge is 2.13. The highest BCUT2D eigenvalue weighted by atomic mass is 32.1. The number of hydrogen-bond acceptors (Lipinski definition) is 5. The third-order valence-corrected chi connectivity index (χ3v) is 5.73. The molecule has 3 aromatic rings. The highest BCUT2D eigenvalue weighted by Crippen LogP contribution is 2.29. The zero-order chi connectivity index (χ0) is 19.6. The second-order valence-electron chi connectivity index (χ2n) is 6.51. The first-order valence-corrected chi connectivity index (χ1v) is 9.50. The van der Waals surface area contributed by atoms with Gasteiger partial charge in [0, 0.05) is 21.7 Å². The normalized spacial score (nSPS) is 10.8. The van der Waals surface area contributed by atoms with Crippen molar-refractivity contribution in [3.63, 3.8) is 0 Å². The fourth-order valence-electron chi connectivity index (χ4n) is 2.70. The Morgan fingerprint density at radius 2 is 1.89 bits per heavy atom. The molecule has 7 heteroatoms. The lowest BCUT2D eigenvalue weighted by molar-refractivity contribution is -0.121. The average Bonchev–Trinajstić information content (AvgIpc) is 3.01. The van der Waals surface area contributed by atoms with E-state index in [0.717, 1.165) is 21.1 Å². The van der Waals surface area contributed by atoms with Gasteiger partial charge in [0.15, 0.2) is 0 Å². The molecule has 2 heterocycles. The van der Waals surface area contributed by atoms with Crippen LogP contribution in [-0.4, -0.2) is 20.4 Å². The minimum Gasteiger partial charge on any atom is -0.350 e. The van der Waals surface area contributed by atoms with Crippen LogP contribution in [0.25, 0.3) is 10.6 Å². The van der Waals surface area contributed by atoms with Crippen molar-refractivity contribution >= 4 is 17.2 Å². The lowest BCUT2D eigenvalue weighted by atomic mass is 10.1. The SMILES string of the molecule is Cc1ccccc1-c1nc(C)c(CNC(=O)Cn2cnc(C)c(C)c2=O)s1. The molecule has 0 saturated carbocycles. The van der Waals surface area contributed by atoms with Crippen molar-refractivity contribution in [1.29, 1.82) is 0 Å². The molecule has 3 rings (SSSR count). The van der Waals surface area contributed by atoms with E-state index in [1.54, 1.807) is 25.2 Å². The van der Waals surface area contributed by atoms with Crippen LogP contribution in [0.3, 0.4) is 0 Å². The standard InChI is InChI=1S/C20H22N4O2S/c1-12-7-5-6-8-16(12)19-23-15(4)17(27-19)9-21-18(25)10-24-11-22-14(3)13(2)20(24)26/h5-8,11H,9-10H2,1-4H3,(H,21,25). The zero-order valence-corrected chi connectivity index (χ0v) is 16.7. The van der Waals surface area contributed by atoms with Gasteiger partial charge in [0.2, 0.25) is 5.91 Å². The van der Waals surface area contributed by atoms with Crippen molar-refractivity contribution in [3.8, 4) is 10.6 Å². The molecule has 0 radical (unpaired) electrons. The molecule has 1 aromatic carbocycles. The van der Waals surface area contributed by atoms with E-state index in [2.05, 4.69) is 34.3 Å². The molecule has 140 valence electrons. The molecule has 0 bridgehead atoms. The number of nitrogens with zero attached hydrogens (tertiary/aromatic N) is 3. The Morgan fingerprint density at radius 3 is 2.63 bits per heavy atom. The van der Waals surface area contributed by atoms with E-state index in [9.17, 15) is 9.59 Å². The van der Waals surface area contributed by atoms with Crippen LogP contribution in [0.5, 0.6) is 0 Å². The Kier molecular flexibility index (Phi) is 5.51. The van der Waals surface area contributed by atoms with Gasteiger partial charge in [-0.15, -0.1) is 11.3 Å². The van der Waals surface area contributed by atoms with Gasteiger partial charge in [0.1, 0.15) is 11.6 Å². The first-order chi connectivity index (χ1) is 12.9. The quantitative estimate of drug-likeness (QED) is 0.736. The zero-order valence-electron chi connectivity index (χ0n) is 15.9. The van der Waals surface area contributed by atoms with E-state index < -0.39 is 0 Å². The number of rotatable bonds is 5. The summed E-state index contributed by atoms with van der Waals surface area (Å²) >= 11 is 1.58. The van der Waals surface area contributed by atoms with E-state index in [0.29, 0.717) is 17.8 Å². The fourth-order valence-corrected chi connectivity index (χ4v) is 3.79. The lowest BCUT2D eigenvalue weighted by Crippen LogP contribution is -2.33. The molecule has 0 atom stereocenters. The van der Waals surface area contributed by atoms with Gasteiger partial charge in [-0.25, -0.2) is 9.97 Å². The molecule has 0 fully saturated rings. The minimum atomic E-state index is -0.229. The summed E-state index contributed by atoms with van der Waals surface area (Å²) in [4.78, 5) is 34.2. The third-order valence-electron chi connectivity index (χ3n) is 4.54. The van der Waals surface area contributed by atoms with Crippen molar-refractivity contribution in [3.05, 3.63) is 68.3 Å². The van der Waals surface area contributed by atoms with Crippen LogP contribution >= 0.6 is 11.3 Å². The molecule has 2 aromatic heterocycles. The summed E-state index contributed by atoms with van der Waals surface area (Å²) in [6, 6.07) is 8.11. The van der Waals surface area contributed by atoms with Gasteiger partial charge in [0.05, 0.1) is 18.6 Å². The van der Waals surface area contributed by atoms with Crippen molar-refractivity contribution < 1.29 is 4.79 Å². The van der Waals surface area contributed by atoms with Crippen molar-refractivity contribution in [2.75, 3.05) is 0 Å². The van der Waals surface area contributed by atoms with Gasteiger partial charge in [-0.05, 0) is 33.3 Å². The highest BCUT2D eigenvalue weighted by molar-refractivity contribution is 7.15. The maximum atomic E-state index is 12.3. The van der Waals surface area contributed by atoms with E-state index in [-0.39, 0.29) is 18.0 Å². The number of amides is 1. The number of nitrogens with one attached hydrogen (secondary N) is 1. The number of benzene rings is 1. The Bertz CT molecular complexity index is 1050. The van der Waals surface area contributed by atoms with Crippen LogP contribution in [0.1, 0.15) is 27.4 Å². The number of carbonyl (C=O) groups excluding carboxylic acids is 1. The lowest BCUT2D eigenvalue weighted by Gasteiger charge is -2.08. The molecule has 0 aliphatic rings. The maximum Gasteiger partial charge on any atom is 0.256 e. The molecule has 1 N–H and O–H groups in total. The molecular weight excluding hydrogens is 360 g/mol. The van der Waals surface area contributed by atoms with E-state index >= 15 is 0 Å². The van der Waals surface area contributed by atoms with Crippen molar-refractivity contribution in [2.24, 2.45) is 0 Å². The van der Waals surface area contributed by atoms with Crippen LogP contribution in [0, 0.1) is 27.7 Å². The van der Waals surface area contributed by atoms with Gasteiger partial charge in [-0.1, -0.05) is 24.3 Å². The first-order valence-electron chi connectivity index (χ1n) is 8.68. The smallest absolute Gasteiger partial charge is 0.256 e. The van der Waals surface area contributed by atoms with Gasteiger partial charge in [-0.2, -0.15) is 0 Å². The molecule has 0 spiro atoms. The monoisotopic (exact) mass is 382 g/mol. The molecule has 0 aliphatic carbocycles. The molecule has 0 saturated heterocycles. The van der Waals surface area contributed by atoms with Gasteiger partial charge < -0.3 is 5.32 Å². The number of thiazole rings is 1. The summed E-state index contributed by atoms with van der Waals surface area (Å²) in [7, 11) is 0. The third kappa shape index (κ3) is 4.14. The summed E-state index contributed by atoms with van der Waals surface area (Å²) < 4.78 is 1.33. The average molecular weight is 382 g/mol. The summed E-state index contributed by atoms with van der Waals surface area (Å²) in [6.45, 7) is 7.84. The van der Waals surface area contributed by atoms with E-state index in [1.165, 1.54) is 16.5 Å². The number of carbonyl (C=O) groups is 1. The van der Waals surface area contributed by atoms with Crippen molar-refractivity contribution in [2.45, 2.75) is 40.8 Å². The Hall–Kier alpha value is -2.80. The Labute approximate surface area is 161 Å². The van der Waals surface area contributed by atoms with Crippen LogP contribution in [0.2, 0.25) is 0 Å². The predicted octanol–water partition coefficient (Wildman–Crippen LogP) is 2.92. The summed E-state index contributed by atoms with van der Waals surface area (Å²) in [5, 5.41) is 3.82. The maximum absolute atomic E-state index is 12.3. The Balaban J connectivity index is 1.69. The molecule has 0 aliphatic heterocycles. The summed E-state index contributed by atoms with van der Waals surface area (Å²) in [5.41, 5.74) is 4.24. The topological polar surface area (TPSA) is 76.9 Å². The van der Waals surface area contributed by atoms with Crippen LogP contribution in [-0.2, 0) is 17.9 Å². The predicted molar refractivity (Wildman–Crippen MR) is 107 cm³/mol. The fraction of sp³-hybridized carbons (Fsp3) is 0.300. The van der Waals surface area contributed by atoms with E-state index in [1.807, 2.05) is 19.1 Å². The molecule has 27 heavy (non-hydrogen) atoms. The van der Waals surface area contributed by atoms with Crippen LogP contribution in [0.15, 0.2) is 35.4 Å². The first kappa shape index (κ1) is 19.0. The molecule has 1 amide bonds. The molecule has 0 unspecified atom stereocenters. The van der Waals surface area contributed by atoms with Crippen LogP contribution in [0.4, 0.5) is 0 Å². The number of aryl methyl sites for hydroxylation is 3. The Morgan fingerprint density at radius 1 is 1.15 bits per heavy atom. The number of aromatic nitrogens is 3. The van der Waals surface area contributed by atoms with Gasteiger partial charge in [-0.3, -0.25) is 14.2 Å². The van der Waals surface area contributed by atoms with Crippen LogP contribution < -0.4 is 10.9 Å². The second-order valence-corrected chi connectivity index (χ2v) is 7.59. The van der Waals surface area contributed by atoms with Gasteiger partial charge in [0.25, 0.3) is 5.56 Å². The van der Waals surface area contributed by atoms with Gasteiger partial charge >= 0.3 is 0 Å².